The minimum absolute atomic E-state index is 0.0742. The normalized spacial score (nSPS) is 18.4. The van der Waals surface area contributed by atoms with Crippen LogP contribution >= 0.6 is 0 Å². The van der Waals surface area contributed by atoms with Gasteiger partial charge in [-0.1, -0.05) is 18.2 Å². The number of ether oxygens (including phenoxy) is 2. The molecule has 0 amide bonds. The molecular formula is C19H12F2O5. The van der Waals surface area contributed by atoms with Gasteiger partial charge in [-0.25, -0.2) is 18.4 Å². The number of esters is 1. The van der Waals surface area contributed by atoms with Crippen molar-refractivity contribution in [2.24, 2.45) is 0 Å². The van der Waals surface area contributed by atoms with Crippen LogP contribution in [0.4, 0.5) is 8.78 Å². The number of halogens is 2. The van der Waals surface area contributed by atoms with Crippen LogP contribution in [0.25, 0.3) is 11.0 Å². The molecule has 0 fully saturated rings. The molecule has 3 aromatic rings. The molecule has 0 radical (unpaired) electrons. The van der Waals surface area contributed by atoms with Gasteiger partial charge in [0.05, 0.1) is 24.0 Å². The van der Waals surface area contributed by atoms with Gasteiger partial charge in [0.2, 0.25) is 6.10 Å². The Morgan fingerprint density at radius 2 is 1.88 bits per heavy atom. The fraction of sp³-hybridized carbons (Fsp3) is 0.158. The summed E-state index contributed by atoms with van der Waals surface area (Å²) in [6.07, 6.45) is -1.21. The van der Waals surface area contributed by atoms with Crippen molar-refractivity contribution < 1.29 is 27.5 Å². The molecule has 0 bridgehead atoms. The summed E-state index contributed by atoms with van der Waals surface area (Å²) < 4.78 is 42.9. The largest absolute Gasteiger partial charge is 0.476 e. The fourth-order valence-corrected chi connectivity index (χ4v) is 3.23. The lowest BCUT2D eigenvalue weighted by Gasteiger charge is -2.16. The second kappa shape index (κ2) is 5.94. The molecule has 26 heavy (non-hydrogen) atoms. The number of hydrogen-bond acceptors (Lipinski definition) is 5. The second-order valence-corrected chi connectivity index (χ2v) is 5.84. The van der Waals surface area contributed by atoms with E-state index in [1.54, 1.807) is 24.3 Å². The van der Waals surface area contributed by atoms with Crippen molar-refractivity contribution in [2.45, 2.75) is 12.0 Å². The number of methoxy groups -OCH3 is 1. The van der Waals surface area contributed by atoms with Crippen molar-refractivity contribution in [3.05, 3.63) is 75.6 Å². The summed E-state index contributed by atoms with van der Waals surface area (Å²) in [5, 5.41) is 0.501. The monoisotopic (exact) mass is 358 g/mol. The van der Waals surface area contributed by atoms with Crippen LogP contribution in [0.2, 0.25) is 0 Å². The van der Waals surface area contributed by atoms with Gasteiger partial charge in [-0.2, -0.15) is 0 Å². The Morgan fingerprint density at radius 1 is 1.12 bits per heavy atom. The minimum Gasteiger partial charge on any atom is -0.476 e. The molecule has 0 N–H and O–H groups in total. The molecule has 0 unspecified atom stereocenters. The lowest BCUT2D eigenvalue weighted by molar-refractivity contribution is -0.148. The number of para-hydroxylation sites is 1. The molecule has 1 aliphatic heterocycles. The van der Waals surface area contributed by atoms with Gasteiger partial charge in [0.15, 0.2) is 11.6 Å². The highest BCUT2D eigenvalue weighted by molar-refractivity contribution is 5.88. The third-order valence-electron chi connectivity index (χ3n) is 4.39. The molecule has 0 saturated carbocycles. The average molecular weight is 358 g/mol. The van der Waals surface area contributed by atoms with E-state index in [1.807, 2.05) is 0 Å². The van der Waals surface area contributed by atoms with Crippen molar-refractivity contribution in [3.8, 4) is 5.75 Å². The SMILES string of the molecule is COC(=O)[C@@H]1Oc2c(c(=O)oc3ccccc23)[C@H]1c1ccc(F)c(F)c1. The number of benzene rings is 2. The van der Waals surface area contributed by atoms with Crippen LogP contribution in [0, 0.1) is 11.6 Å². The Morgan fingerprint density at radius 3 is 2.62 bits per heavy atom. The Labute approximate surface area is 145 Å². The summed E-state index contributed by atoms with van der Waals surface area (Å²) >= 11 is 0. The first-order valence-electron chi connectivity index (χ1n) is 7.76. The topological polar surface area (TPSA) is 65.7 Å². The molecule has 0 saturated heterocycles. The van der Waals surface area contributed by atoms with Crippen molar-refractivity contribution >= 4 is 16.9 Å². The maximum atomic E-state index is 13.7. The first-order chi connectivity index (χ1) is 12.5. The number of rotatable bonds is 2. The maximum Gasteiger partial charge on any atom is 0.348 e. The number of fused-ring (bicyclic) bond motifs is 3. The lowest BCUT2D eigenvalue weighted by atomic mass is 9.88. The molecule has 7 heteroatoms. The molecule has 132 valence electrons. The summed E-state index contributed by atoms with van der Waals surface area (Å²) in [7, 11) is 1.18. The maximum absolute atomic E-state index is 13.7. The molecule has 2 aromatic carbocycles. The molecule has 1 aliphatic rings. The molecule has 1 aromatic heterocycles. The molecular weight excluding hydrogens is 346 g/mol. The predicted octanol–water partition coefficient (Wildman–Crippen LogP) is 3.14. The zero-order valence-electron chi connectivity index (χ0n) is 13.5. The van der Waals surface area contributed by atoms with Crippen LogP contribution in [0.3, 0.4) is 0 Å². The average Bonchev–Trinajstić information content (AvgIpc) is 3.05. The number of carbonyl (C=O) groups is 1. The summed E-state index contributed by atoms with van der Waals surface area (Å²) in [5.74, 6) is -3.66. The second-order valence-electron chi connectivity index (χ2n) is 5.84. The van der Waals surface area contributed by atoms with E-state index in [-0.39, 0.29) is 16.9 Å². The van der Waals surface area contributed by atoms with Gasteiger partial charge in [0.25, 0.3) is 0 Å². The molecule has 2 atom stereocenters. The molecule has 0 spiro atoms. The predicted molar refractivity (Wildman–Crippen MR) is 87.1 cm³/mol. The molecule has 2 heterocycles. The van der Waals surface area contributed by atoms with E-state index in [0.717, 1.165) is 12.1 Å². The molecule has 5 nitrogen and oxygen atoms in total. The summed E-state index contributed by atoms with van der Waals surface area (Å²) in [6.45, 7) is 0. The highest BCUT2D eigenvalue weighted by Gasteiger charge is 2.45. The molecule has 4 rings (SSSR count). The first-order valence-corrected chi connectivity index (χ1v) is 7.76. The van der Waals surface area contributed by atoms with Gasteiger partial charge in [-0.05, 0) is 29.8 Å². The van der Waals surface area contributed by atoms with Crippen molar-refractivity contribution in [1.29, 1.82) is 0 Å². The van der Waals surface area contributed by atoms with Crippen LogP contribution in [-0.4, -0.2) is 19.2 Å². The van der Waals surface area contributed by atoms with Gasteiger partial charge in [-0.3, -0.25) is 0 Å². The van der Waals surface area contributed by atoms with Crippen LogP contribution in [0.5, 0.6) is 5.75 Å². The zero-order chi connectivity index (χ0) is 18.4. The Hall–Kier alpha value is -3.22. The van der Waals surface area contributed by atoms with Crippen LogP contribution in [0.1, 0.15) is 17.0 Å². The smallest absolute Gasteiger partial charge is 0.348 e. The Balaban J connectivity index is 1.99. The van der Waals surface area contributed by atoms with E-state index in [2.05, 4.69) is 0 Å². The fourth-order valence-electron chi connectivity index (χ4n) is 3.23. The van der Waals surface area contributed by atoms with E-state index in [0.29, 0.717) is 11.0 Å². The third-order valence-corrected chi connectivity index (χ3v) is 4.39. The molecule has 0 aliphatic carbocycles. The standard InChI is InChI=1S/C19H12F2O5/c1-24-19(23)17-14(9-6-7-11(20)12(21)8-9)15-16(26-17)10-4-2-3-5-13(10)25-18(15)22/h2-8,14,17H,1H3/t14-,17-/m1/s1. The first kappa shape index (κ1) is 16.3. The highest BCUT2D eigenvalue weighted by atomic mass is 19.2. The zero-order valence-corrected chi connectivity index (χ0v) is 13.5. The summed E-state index contributed by atoms with van der Waals surface area (Å²) in [4.78, 5) is 24.8. The van der Waals surface area contributed by atoms with Gasteiger partial charge in [0.1, 0.15) is 11.3 Å². The number of carbonyl (C=O) groups excluding carboxylic acids is 1. The van der Waals surface area contributed by atoms with Crippen LogP contribution in [-0.2, 0) is 9.53 Å². The van der Waals surface area contributed by atoms with Gasteiger partial charge in [0, 0.05) is 0 Å². The summed E-state index contributed by atoms with van der Waals surface area (Å²) in [6, 6.07) is 9.85. The third kappa shape index (κ3) is 2.35. The van der Waals surface area contributed by atoms with Crippen molar-refractivity contribution in [2.75, 3.05) is 7.11 Å². The van der Waals surface area contributed by atoms with Crippen LogP contribution in [0.15, 0.2) is 51.7 Å². The van der Waals surface area contributed by atoms with Gasteiger partial charge in [-0.15, -0.1) is 0 Å². The minimum atomic E-state index is -1.21. The van der Waals surface area contributed by atoms with Crippen molar-refractivity contribution in [1.82, 2.24) is 0 Å². The van der Waals surface area contributed by atoms with E-state index in [4.69, 9.17) is 13.9 Å². The van der Waals surface area contributed by atoms with E-state index >= 15 is 0 Å². The highest BCUT2D eigenvalue weighted by Crippen LogP contribution is 2.44. The van der Waals surface area contributed by atoms with Gasteiger partial charge < -0.3 is 13.9 Å². The van der Waals surface area contributed by atoms with Crippen LogP contribution < -0.4 is 10.4 Å². The van der Waals surface area contributed by atoms with E-state index < -0.39 is 35.3 Å². The van der Waals surface area contributed by atoms with Crippen molar-refractivity contribution in [3.63, 3.8) is 0 Å². The Kier molecular flexibility index (Phi) is 3.72. The van der Waals surface area contributed by atoms with E-state index in [1.165, 1.54) is 13.2 Å². The van der Waals surface area contributed by atoms with E-state index in [9.17, 15) is 18.4 Å². The Bertz CT molecular complexity index is 1090. The van der Waals surface area contributed by atoms with Gasteiger partial charge >= 0.3 is 11.6 Å². The number of hydrogen-bond donors (Lipinski definition) is 0. The quantitative estimate of drug-likeness (QED) is 0.520. The summed E-state index contributed by atoms with van der Waals surface area (Å²) in [5.41, 5.74) is -0.128. The lowest BCUT2D eigenvalue weighted by Crippen LogP contribution is -2.31.